The highest BCUT2D eigenvalue weighted by Gasteiger charge is 2.23. The summed E-state index contributed by atoms with van der Waals surface area (Å²) in [5, 5.41) is 1.78. The van der Waals surface area contributed by atoms with Gasteiger partial charge in [0.25, 0.3) is 0 Å². The van der Waals surface area contributed by atoms with E-state index in [1.54, 1.807) is 12.3 Å². The lowest BCUT2D eigenvalue weighted by atomic mass is 10.1. The zero-order valence-corrected chi connectivity index (χ0v) is 10.6. The van der Waals surface area contributed by atoms with Crippen molar-refractivity contribution in [3.05, 3.63) is 24.2 Å². The van der Waals surface area contributed by atoms with Gasteiger partial charge in [-0.2, -0.15) is 0 Å². The van der Waals surface area contributed by atoms with Gasteiger partial charge >= 0.3 is 6.03 Å². The van der Waals surface area contributed by atoms with E-state index in [2.05, 4.69) is 5.32 Å². The fourth-order valence-corrected chi connectivity index (χ4v) is 2.43. The number of nitrogens with one attached hydrogen (secondary N) is 1. The molecule has 1 atom stereocenters. The highest BCUT2D eigenvalue weighted by molar-refractivity contribution is 7.99. The van der Waals surface area contributed by atoms with Crippen molar-refractivity contribution in [2.45, 2.75) is 24.9 Å². The van der Waals surface area contributed by atoms with Gasteiger partial charge in [-0.05, 0) is 18.1 Å². The molecule has 6 heteroatoms. The van der Waals surface area contributed by atoms with E-state index in [9.17, 15) is 9.59 Å². The van der Waals surface area contributed by atoms with Crippen LogP contribution < -0.4 is 11.1 Å². The Morgan fingerprint density at radius 1 is 1.53 bits per heavy atom. The smallest absolute Gasteiger partial charge is 0.318 e. The molecule has 1 aromatic rings. The number of nitrogens with two attached hydrogens (primary N) is 1. The predicted molar refractivity (Wildman–Crippen MR) is 66.4 cm³/mol. The Morgan fingerprint density at radius 2 is 2.24 bits per heavy atom. The van der Waals surface area contributed by atoms with E-state index < -0.39 is 6.03 Å². The van der Waals surface area contributed by atoms with Crippen molar-refractivity contribution in [3.63, 3.8) is 0 Å². The molecule has 94 valence electrons. The van der Waals surface area contributed by atoms with Crippen molar-refractivity contribution in [2.24, 2.45) is 11.7 Å². The molecule has 0 aliphatic rings. The molecule has 0 radical (unpaired) electrons. The first-order valence-corrected chi connectivity index (χ1v) is 6.30. The van der Waals surface area contributed by atoms with E-state index >= 15 is 0 Å². The van der Waals surface area contributed by atoms with Crippen molar-refractivity contribution in [1.82, 2.24) is 5.32 Å². The van der Waals surface area contributed by atoms with Crippen LogP contribution in [0.4, 0.5) is 4.79 Å². The molecule has 1 aromatic heterocycles. The topological polar surface area (TPSA) is 85.3 Å². The molecule has 17 heavy (non-hydrogen) atoms. The maximum absolute atomic E-state index is 11.7. The van der Waals surface area contributed by atoms with Crippen LogP contribution in [0.3, 0.4) is 0 Å². The van der Waals surface area contributed by atoms with Crippen molar-refractivity contribution in [3.8, 4) is 0 Å². The molecule has 0 spiro atoms. The summed E-state index contributed by atoms with van der Waals surface area (Å²) in [4.78, 5) is 22.3. The van der Waals surface area contributed by atoms with Crippen LogP contribution in [0.15, 0.2) is 22.8 Å². The summed E-state index contributed by atoms with van der Waals surface area (Å²) in [5.41, 5.74) is 4.92. The first-order chi connectivity index (χ1) is 8.00. The maximum atomic E-state index is 11.7. The second-order valence-electron chi connectivity index (χ2n) is 3.91. The summed E-state index contributed by atoms with van der Waals surface area (Å²) in [6, 6.07) is 2.82. The summed E-state index contributed by atoms with van der Waals surface area (Å²) >= 11 is 1.42. The molecule has 0 aromatic carbocycles. The molecule has 5 nitrogen and oxygen atoms in total. The fourth-order valence-electron chi connectivity index (χ4n) is 1.33. The number of amides is 3. The number of carbonyl (C=O) groups is 2. The minimum Gasteiger partial charge on any atom is -0.468 e. The fraction of sp³-hybridized carbons (Fsp3) is 0.455. The summed E-state index contributed by atoms with van der Waals surface area (Å²) in [6.45, 7) is 3.83. The number of imide groups is 1. The van der Waals surface area contributed by atoms with Crippen molar-refractivity contribution < 1.29 is 14.0 Å². The first kappa shape index (κ1) is 13.6. The maximum Gasteiger partial charge on any atom is 0.318 e. The Bertz CT molecular complexity index is 376. The summed E-state index contributed by atoms with van der Waals surface area (Å²) in [6.07, 6.45) is 1.59. The van der Waals surface area contributed by atoms with E-state index in [0.29, 0.717) is 5.75 Å². The van der Waals surface area contributed by atoms with E-state index in [-0.39, 0.29) is 17.1 Å². The van der Waals surface area contributed by atoms with E-state index in [0.717, 1.165) is 5.76 Å². The van der Waals surface area contributed by atoms with Gasteiger partial charge in [-0.3, -0.25) is 10.1 Å². The SMILES string of the molecule is CC(C)[C@H](SCc1ccco1)C(=O)NC(N)=O. The highest BCUT2D eigenvalue weighted by Crippen LogP contribution is 2.24. The molecular weight excluding hydrogens is 240 g/mol. The normalized spacial score (nSPS) is 12.4. The standard InChI is InChI=1S/C11H16N2O3S/c1-7(2)9(10(14)13-11(12)15)17-6-8-4-3-5-16-8/h3-5,7,9H,6H2,1-2H3,(H3,12,13,14,15)/t9-/m0/s1. The van der Waals surface area contributed by atoms with Crippen LogP contribution in [0.5, 0.6) is 0 Å². The van der Waals surface area contributed by atoms with Gasteiger partial charge in [-0.1, -0.05) is 13.8 Å². The Kier molecular flexibility index (Phi) is 5.09. The molecular formula is C11H16N2O3S. The first-order valence-electron chi connectivity index (χ1n) is 5.25. The second kappa shape index (κ2) is 6.34. The number of hydrogen-bond donors (Lipinski definition) is 2. The zero-order chi connectivity index (χ0) is 12.8. The third kappa shape index (κ3) is 4.52. The lowest BCUT2D eigenvalue weighted by Crippen LogP contribution is -2.42. The van der Waals surface area contributed by atoms with Gasteiger partial charge < -0.3 is 10.2 Å². The number of thioether (sulfide) groups is 1. The van der Waals surface area contributed by atoms with Crippen LogP contribution in [-0.2, 0) is 10.5 Å². The largest absolute Gasteiger partial charge is 0.468 e. The van der Waals surface area contributed by atoms with Gasteiger partial charge in [0, 0.05) is 0 Å². The van der Waals surface area contributed by atoms with Gasteiger partial charge in [0.05, 0.1) is 17.3 Å². The predicted octanol–water partition coefficient (Wildman–Crippen LogP) is 1.73. The number of hydrogen-bond acceptors (Lipinski definition) is 4. The Morgan fingerprint density at radius 3 is 2.71 bits per heavy atom. The number of rotatable bonds is 5. The Balaban J connectivity index is 2.54. The summed E-state index contributed by atoms with van der Waals surface area (Å²) in [7, 11) is 0. The Hall–Kier alpha value is -1.43. The molecule has 3 amide bonds. The quantitative estimate of drug-likeness (QED) is 0.840. The highest BCUT2D eigenvalue weighted by atomic mass is 32.2. The lowest BCUT2D eigenvalue weighted by molar-refractivity contribution is -0.120. The zero-order valence-electron chi connectivity index (χ0n) is 9.80. The molecule has 0 unspecified atom stereocenters. The van der Waals surface area contributed by atoms with Gasteiger partial charge in [-0.15, -0.1) is 11.8 Å². The average Bonchev–Trinajstić information content (AvgIpc) is 2.68. The van der Waals surface area contributed by atoms with Gasteiger partial charge in [-0.25, -0.2) is 4.79 Å². The van der Waals surface area contributed by atoms with Crippen LogP contribution in [0.1, 0.15) is 19.6 Å². The summed E-state index contributed by atoms with van der Waals surface area (Å²) < 4.78 is 5.18. The number of carbonyl (C=O) groups excluding carboxylic acids is 2. The van der Waals surface area contributed by atoms with Gasteiger partial charge in [0.2, 0.25) is 5.91 Å². The van der Waals surface area contributed by atoms with E-state index in [1.165, 1.54) is 11.8 Å². The monoisotopic (exact) mass is 256 g/mol. The van der Waals surface area contributed by atoms with Crippen molar-refractivity contribution in [1.29, 1.82) is 0 Å². The average molecular weight is 256 g/mol. The molecule has 1 heterocycles. The molecule has 3 N–H and O–H groups in total. The van der Waals surface area contributed by atoms with Gasteiger partial charge in [0.1, 0.15) is 5.76 Å². The number of primary amides is 1. The summed E-state index contributed by atoms with van der Waals surface area (Å²) in [5.74, 6) is 1.13. The number of furan rings is 1. The Labute approximate surface area is 104 Å². The van der Waals surface area contributed by atoms with Crippen molar-refractivity contribution in [2.75, 3.05) is 0 Å². The van der Waals surface area contributed by atoms with Gasteiger partial charge in [0.15, 0.2) is 0 Å². The van der Waals surface area contributed by atoms with Crippen LogP contribution in [-0.4, -0.2) is 17.2 Å². The van der Waals surface area contributed by atoms with Crippen LogP contribution in [0.2, 0.25) is 0 Å². The molecule has 0 fully saturated rings. The third-order valence-electron chi connectivity index (χ3n) is 2.10. The molecule has 0 saturated carbocycles. The van der Waals surface area contributed by atoms with Crippen molar-refractivity contribution >= 4 is 23.7 Å². The van der Waals surface area contributed by atoms with Crippen LogP contribution >= 0.6 is 11.8 Å². The second-order valence-corrected chi connectivity index (χ2v) is 5.04. The van der Waals surface area contributed by atoms with Crippen LogP contribution in [0.25, 0.3) is 0 Å². The van der Waals surface area contributed by atoms with E-state index in [1.807, 2.05) is 19.9 Å². The molecule has 0 saturated heterocycles. The van der Waals surface area contributed by atoms with Crippen LogP contribution in [0, 0.1) is 5.92 Å². The molecule has 0 bridgehead atoms. The molecule has 1 rings (SSSR count). The lowest BCUT2D eigenvalue weighted by Gasteiger charge is -2.18. The molecule has 0 aliphatic heterocycles. The number of urea groups is 1. The molecule has 0 aliphatic carbocycles. The minimum atomic E-state index is -0.820. The minimum absolute atomic E-state index is 0.106. The third-order valence-corrected chi connectivity index (χ3v) is 3.66. The van der Waals surface area contributed by atoms with E-state index in [4.69, 9.17) is 10.2 Å².